The maximum Gasteiger partial charge on any atom is 0.252 e. The van der Waals surface area contributed by atoms with Crippen LogP contribution in [0, 0.1) is 24.2 Å². The van der Waals surface area contributed by atoms with Gasteiger partial charge in [0, 0.05) is 11.6 Å². The molecular weight excluding hydrogens is 238 g/mol. The zero-order chi connectivity index (χ0) is 14.0. The minimum absolute atomic E-state index is 0.0854. The van der Waals surface area contributed by atoms with Crippen LogP contribution >= 0.6 is 0 Å². The van der Waals surface area contributed by atoms with Gasteiger partial charge in [-0.05, 0) is 36.5 Å². The van der Waals surface area contributed by atoms with Crippen molar-refractivity contribution >= 4 is 5.91 Å². The van der Waals surface area contributed by atoms with Crippen molar-refractivity contribution in [1.29, 1.82) is 0 Å². The molecule has 1 aliphatic carbocycles. The fourth-order valence-corrected chi connectivity index (χ4v) is 2.04. The van der Waals surface area contributed by atoms with Crippen LogP contribution in [0.2, 0.25) is 0 Å². The lowest BCUT2D eigenvalue weighted by atomic mass is 10.0. The summed E-state index contributed by atoms with van der Waals surface area (Å²) in [6.45, 7) is 6.03. The minimum Gasteiger partial charge on any atom is -0.384 e. The van der Waals surface area contributed by atoms with E-state index in [1.165, 1.54) is 0 Å². The summed E-state index contributed by atoms with van der Waals surface area (Å²) in [6.07, 6.45) is 1.02. The first-order valence-electron chi connectivity index (χ1n) is 6.45. The summed E-state index contributed by atoms with van der Waals surface area (Å²) in [6, 6.07) is 5.81. The lowest BCUT2D eigenvalue weighted by molar-refractivity contribution is 0.0946. The highest BCUT2D eigenvalue weighted by atomic mass is 16.2. The normalized spacial score (nSPS) is 19.3. The van der Waals surface area contributed by atoms with Crippen molar-refractivity contribution in [2.24, 2.45) is 5.41 Å². The van der Waals surface area contributed by atoms with Gasteiger partial charge in [-0.3, -0.25) is 4.79 Å². The number of aliphatic hydroxyl groups excluding tert-OH is 1. The third-order valence-electron chi connectivity index (χ3n) is 3.54. The first-order valence-corrected chi connectivity index (χ1v) is 6.45. The van der Waals surface area contributed by atoms with E-state index in [1.54, 1.807) is 6.07 Å². The molecule has 1 aromatic carbocycles. The van der Waals surface area contributed by atoms with Crippen LogP contribution in [0.1, 0.15) is 41.8 Å². The second-order valence-electron chi connectivity index (χ2n) is 5.73. The molecule has 1 fully saturated rings. The highest BCUT2D eigenvalue weighted by Crippen LogP contribution is 2.44. The standard InChI is InChI=1S/C16H19NO2/c1-11-6-7-13(12(9-11)5-4-8-18)15(19)17-14-10-16(14,2)3/h6-7,9,14,18H,8,10H2,1-3H3,(H,17,19). The average Bonchev–Trinajstić information content (AvgIpc) is 2.93. The first kappa shape index (κ1) is 13.6. The number of aliphatic hydroxyl groups is 1. The molecule has 1 aromatic rings. The van der Waals surface area contributed by atoms with Gasteiger partial charge in [0.05, 0.1) is 5.56 Å². The van der Waals surface area contributed by atoms with Gasteiger partial charge in [0.15, 0.2) is 0 Å². The second kappa shape index (κ2) is 5.07. The Morgan fingerprint density at radius 1 is 1.53 bits per heavy atom. The monoisotopic (exact) mass is 257 g/mol. The van der Waals surface area contributed by atoms with Crippen molar-refractivity contribution in [3.8, 4) is 11.8 Å². The smallest absolute Gasteiger partial charge is 0.252 e. The Hall–Kier alpha value is -1.79. The van der Waals surface area contributed by atoms with Crippen LogP contribution < -0.4 is 5.32 Å². The second-order valence-corrected chi connectivity index (χ2v) is 5.73. The molecule has 0 aromatic heterocycles. The zero-order valence-corrected chi connectivity index (χ0v) is 11.6. The summed E-state index contributed by atoms with van der Waals surface area (Å²) in [5.74, 6) is 5.35. The summed E-state index contributed by atoms with van der Waals surface area (Å²) in [4.78, 5) is 12.2. The Labute approximate surface area is 114 Å². The molecule has 3 heteroatoms. The first-order chi connectivity index (χ1) is 8.94. The Morgan fingerprint density at radius 3 is 2.79 bits per heavy atom. The number of hydrogen-bond acceptors (Lipinski definition) is 2. The topological polar surface area (TPSA) is 49.3 Å². The maximum absolute atomic E-state index is 12.2. The maximum atomic E-state index is 12.2. The predicted molar refractivity (Wildman–Crippen MR) is 74.8 cm³/mol. The van der Waals surface area contributed by atoms with Gasteiger partial charge < -0.3 is 10.4 Å². The number of amides is 1. The molecule has 1 saturated carbocycles. The Morgan fingerprint density at radius 2 is 2.21 bits per heavy atom. The number of benzene rings is 1. The molecule has 100 valence electrons. The van der Waals surface area contributed by atoms with Gasteiger partial charge in [0.1, 0.15) is 6.61 Å². The molecule has 0 radical (unpaired) electrons. The van der Waals surface area contributed by atoms with Gasteiger partial charge in [0.25, 0.3) is 5.91 Å². The van der Waals surface area contributed by atoms with Crippen molar-refractivity contribution in [2.75, 3.05) is 6.61 Å². The SMILES string of the molecule is Cc1ccc(C(=O)NC2CC2(C)C)c(C#CCO)c1. The number of aryl methyl sites for hydroxylation is 1. The van der Waals surface area contributed by atoms with Gasteiger partial charge in [-0.25, -0.2) is 0 Å². The molecule has 19 heavy (non-hydrogen) atoms. The third kappa shape index (κ3) is 3.15. The zero-order valence-electron chi connectivity index (χ0n) is 11.6. The fraction of sp³-hybridized carbons (Fsp3) is 0.438. The summed E-state index contributed by atoms with van der Waals surface area (Å²) < 4.78 is 0. The molecule has 1 unspecified atom stereocenters. The summed E-state index contributed by atoms with van der Waals surface area (Å²) in [5.41, 5.74) is 2.50. The number of hydrogen-bond donors (Lipinski definition) is 2. The average molecular weight is 257 g/mol. The van der Waals surface area contributed by atoms with Crippen LogP contribution in [0.4, 0.5) is 0 Å². The molecule has 3 nitrogen and oxygen atoms in total. The molecule has 2 rings (SSSR count). The lowest BCUT2D eigenvalue weighted by Gasteiger charge is -2.09. The van der Waals surface area contributed by atoms with Crippen LogP contribution in [-0.2, 0) is 0 Å². The van der Waals surface area contributed by atoms with Crippen molar-refractivity contribution in [3.63, 3.8) is 0 Å². The van der Waals surface area contributed by atoms with E-state index in [2.05, 4.69) is 31.0 Å². The summed E-state index contributed by atoms with van der Waals surface area (Å²) >= 11 is 0. The quantitative estimate of drug-likeness (QED) is 0.795. The molecule has 2 N–H and O–H groups in total. The molecule has 0 aliphatic heterocycles. The molecule has 1 amide bonds. The molecule has 1 atom stereocenters. The van der Waals surface area contributed by atoms with Gasteiger partial charge in [-0.15, -0.1) is 0 Å². The Bertz CT molecular complexity index is 564. The van der Waals surface area contributed by atoms with E-state index in [4.69, 9.17) is 5.11 Å². The van der Waals surface area contributed by atoms with Crippen LogP contribution in [0.15, 0.2) is 18.2 Å². The number of carbonyl (C=O) groups is 1. The number of rotatable bonds is 2. The van der Waals surface area contributed by atoms with Gasteiger partial charge in [-0.2, -0.15) is 0 Å². The highest BCUT2D eigenvalue weighted by Gasteiger charge is 2.46. The predicted octanol–water partition coefficient (Wildman–Crippen LogP) is 1.87. The fourth-order valence-electron chi connectivity index (χ4n) is 2.04. The van der Waals surface area contributed by atoms with Crippen LogP contribution in [-0.4, -0.2) is 23.7 Å². The van der Waals surface area contributed by atoms with Gasteiger partial charge >= 0.3 is 0 Å². The van der Waals surface area contributed by atoms with E-state index < -0.39 is 0 Å². The van der Waals surface area contributed by atoms with E-state index in [9.17, 15) is 4.79 Å². The Kier molecular flexibility index (Phi) is 3.64. The Balaban J connectivity index is 2.21. The number of nitrogens with one attached hydrogen (secondary N) is 1. The molecular formula is C16H19NO2. The molecule has 1 aliphatic rings. The van der Waals surface area contributed by atoms with Crippen molar-refractivity contribution in [2.45, 2.75) is 33.2 Å². The lowest BCUT2D eigenvalue weighted by Crippen LogP contribution is -2.29. The molecule has 0 heterocycles. The van der Waals surface area contributed by atoms with Crippen LogP contribution in [0.3, 0.4) is 0 Å². The van der Waals surface area contributed by atoms with Crippen molar-refractivity contribution < 1.29 is 9.90 Å². The third-order valence-corrected chi connectivity index (χ3v) is 3.54. The van der Waals surface area contributed by atoms with Crippen molar-refractivity contribution in [1.82, 2.24) is 5.32 Å². The largest absolute Gasteiger partial charge is 0.384 e. The molecule has 0 saturated heterocycles. The molecule has 0 spiro atoms. The van der Waals surface area contributed by atoms with Gasteiger partial charge in [-0.1, -0.05) is 31.8 Å². The number of carbonyl (C=O) groups excluding carboxylic acids is 1. The van der Waals surface area contributed by atoms with Crippen LogP contribution in [0.25, 0.3) is 0 Å². The summed E-state index contributed by atoms with van der Waals surface area (Å²) in [5, 5.41) is 11.8. The highest BCUT2D eigenvalue weighted by molar-refractivity contribution is 5.97. The minimum atomic E-state index is -0.204. The van der Waals surface area contributed by atoms with Crippen LogP contribution in [0.5, 0.6) is 0 Å². The van der Waals surface area contributed by atoms with E-state index in [0.29, 0.717) is 11.1 Å². The van der Waals surface area contributed by atoms with E-state index in [-0.39, 0.29) is 24.0 Å². The van der Waals surface area contributed by atoms with Crippen molar-refractivity contribution in [3.05, 3.63) is 34.9 Å². The van der Waals surface area contributed by atoms with E-state index in [0.717, 1.165) is 12.0 Å². The molecule has 0 bridgehead atoms. The van der Waals surface area contributed by atoms with E-state index >= 15 is 0 Å². The summed E-state index contributed by atoms with van der Waals surface area (Å²) in [7, 11) is 0. The van der Waals surface area contributed by atoms with Gasteiger partial charge in [0.2, 0.25) is 0 Å². The van der Waals surface area contributed by atoms with E-state index in [1.807, 2.05) is 19.1 Å².